The van der Waals surface area contributed by atoms with Crippen LogP contribution in [0.5, 0.6) is 5.75 Å². The summed E-state index contributed by atoms with van der Waals surface area (Å²) in [5, 5.41) is 4.46. The van der Waals surface area contributed by atoms with E-state index in [9.17, 15) is 31.2 Å². The largest absolute Gasteiger partial charge is 0.490 e. The number of alkyl carbamates (subject to hydrolysis) is 1. The summed E-state index contributed by atoms with van der Waals surface area (Å²) in [4.78, 5) is 30.7. The molecule has 1 saturated carbocycles. The molecule has 4 aliphatic rings. The zero-order valence-electron chi connectivity index (χ0n) is 31.0. The first-order valence-electron chi connectivity index (χ1n) is 19.0. The summed E-state index contributed by atoms with van der Waals surface area (Å²) in [7, 11) is -4.16. The van der Waals surface area contributed by atoms with Crippen LogP contribution in [0.15, 0.2) is 59.5 Å². The summed E-state index contributed by atoms with van der Waals surface area (Å²) in [5.74, 6) is 0.416. The number of sulfonamides is 1. The third kappa shape index (κ3) is 8.35. The highest BCUT2D eigenvalue weighted by Crippen LogP contribution is 2.41. The molecule has 3 aromatic carbocycles. The van der Waals surface area contributed by atoms with Gasteiger partial charge < -0.3 is 19.7 Å². The molecule has 0 radical (unpaired) electrons. The van der Waals surface area contributed by atoms with Crippen molar-refractivity contribution in [1.29, 1.82) is 0 Å². The number of likely N-dealkylation sites (tertiary alicyclic amines) is 1. The quantitative estimate of drug-likeness (QED) is 0.274. The molecular formula is C40H49F3N4O6S. The van der Waals surface area contributed by atoms with Crippen molar-refractivity contribution in [3.05, 3.63) is 71.3 Å². The van der Waals surface area contributed by atoms with Crippen LogP contribution in [0, 0.1) is 0 Å². The molecule has 1 N–H and O–H groups in total. The highest BCUT2D eigenvalue weighted by atomic mass is 32.2. The van der Waals surface area contributed by atoms with Crippen molar-refractivity contribution in [2.24, 2.45) is 0 Å². The molecule has 54 heavy (non-hydrogen) atoms. The Morgan fingerprint density at radius 1 is 0.833 bits per heavy atom. The van der Waals surface area contributed by atoms with Crippen molar-refractivity contribution in [3.63, 3.8) is 0 Å². The summed E-state index contributed by atoms with van der Waals surface area (Å²) in [6.07, 6.45) is 1.55. The predicted octanol–water partition coefficient (Wildman–Crippen LogP) is 7.06. The molecule has 14 heteroatoms. The van der Waals surface area contributed by atoms with E-state index in [1.165, 1.54) is 16.4 Å². The minimum atomic E-state index is -4.45. The minimum absolute atomic E-state index is 0.0358. The van der Waals surface area contributed by atoms with Gasteiger partial charge in [0.1, 0.15) is 17.4 Å². The maximum Gasteiger partial charge on any atom is 0.416 e. The van der Waals surface area contributed by atoms with E-state index in [1.807, 2.05) is 18.2 Å². The van der Waals surface area contributed by atoms with Crippen molar-refractivity contribution in [2.45, 2.75) is 113 Å². The molecule has 0 aromatic heterocycles. The number of carbonyl (C=O) groups excluding carboxylic acids is 2. The van der Waals surface area contributed by atoms with Gasteiger partial charge in [0.05, 0.1) is 16.6 Å². The Kier molecular flexibility index (Phi) is 10.7. The molecule has 0 unspecified atom stereocenters. The Morgan fingerprint density at radius 3 is 2.24 bits per heavy atom. The lowest BCUT2D eigenvalue weighted by Gasteiger charge is -2.44. The van der Waals surface area contributed by atoms with E-state index in [-0.39, 0.29) is 42.1 Å². The van der Waals surface area contributed by atoms with Gasteiger partial charge in [-0.15, -0.1) is 0 Å². The zero-order chi connectivity index (χ0) is 38.4. The van der Waals surface area contributed by atoms with E-state index in [1.54, 1.807) is 43.9 Å². The van der Waals surface area contributed by atoms with Crippen LogP contribution in [-0.2, 0) is 32.2 Å². The van der Waals surface area contributed by atoms with Gasteiger partial charge in [0.2, 0.25) is 15.9 Å². The van der Waals surface area contributed by atoms with Gasteiger partial charge in [0.25, 0.3) is 0 Å². The van der Waals surface area contributed by atoms with Gasteiger partial charge in [-0.1, -0.05) is 18.2 Å². The monoisotopic (exact) mass is 770 g/mol. The lowest BCUT2D eigenvalue weighted by molar-refractivity contribution is -0.139. The molecule has 0 spiro atoms. The van der Waals surface area contributed by atoms with Gasteiger partial charge in [-0.05, 0) is 130 Å². The second kappa shape index (κ2) is 15.0. The van der Waals surface area contributed by atoms with Gasteiger partial charge in [0, 0.05) is 44.8 Å². The summed E-state index contributed by atoms with van der Waals surface area (Å²) in [6, 6.07) is 12.9. The highest BCUT2D eigenvalue weighted by molar-refractivity contribution is 7.89. The van der Waals surface area contributed by atoms with Gasteiger partial charge in [-0.25, -0.2) is 13.2 Å². The van der Waals surface area contributed by atoms with Crippen LogP contribution in [-0.4, -0.2) is 91.0 Å². The molecule has 2 atom stereocenters. The number of aryl methyl sites for hydroxylation is 1. The number of piperazine rings is 1. The number of fused-ring (bicyclic) bond motifs is 2. The average Bonchev–Trinajstić information content (AvgIpc) is 3.80. The number of hydrogen-bond acceptors (Lipinski definition) is 7. The summed E-state index contributed by atoms with van der Waals surface area (Å²) < 4.78 is 82.4. The molecule has 2 heterocycles. The van der Waals surface area contributed by atoms with Crippen LogP contribution in [0.2, 0.25) is 0 Å². The number of benzene rings is 3. The summed E-state index contributed by atoms with van der Waals surface area (Å²) in [6.45, 7) is 6.42. The Hall–Kier alpha value is -3.88. The van der Waals surface area contributed by atoms with Crippen molar-refractivity contribution >= 4 is 32.8 Å². The maximum atomic E-state index is 14.5. The Morgan fingerprint density at radius 2 is 1.54 bits per heavy atom. The summed E-state index contributed by atoms with van der Waals surface area (Å²) >= 11 is 0. The predicted molar refractivity (Wildman–Crippen MR) is 198 cm³/mol. The van der Waals surface area contributed by atoms with E-state index in [0.717, 1.165) is 53.8 Å². The van der Waals surface area contributed by atoms with Crippen LogP contribution in [0.25, 0.3) is 10.8 Å². The first kappa shape index (κ1) is 38.4. The van der Waals surface area contributed by atoms with Crippen LogP contribution in [0.1, 0.15) is 88.4 Å². The fraction of sp³-hybridized carbons (Fsp3) is 0.550. The third-order valence-electron chi connectivity index (χ3n) is 11.1. The number of nitrogens with one attached hydrogen (secondary N) is 1. The standard InChI is InChI=1S/C40H49F3N4O6S/c1-39(2,3)53-38(49)44-30-16-18-45(19-17-30)37(48)36-25-46(35-15-10-28-22-29(40(41,42)43)11-14-34(28)35)20-21-47(36)54(50,51)33-13-9-26-23-32(12-8-27(26)24-33)52-31-6-4-5-7-31/h8-9,11-14,22-24,30-31,35-36H,4-7,10,15-21,25H2,1-3H3,(H,44,49)/t35-,36-/m0/s1. The molecule has 2 aliphatic carbocycles. The van der Waals surface area contributed by atoms with Gasteiger partial charge in [-0.3, -0.25) is 9.69 Å². The third-order valence-corrected chi connectivity index (χ3v) is 13.0. The van der Waals surface area contributed by atoms with E-state index in [2.05, 4.69) is 10.2 Å². The molecule has 3 aromatic rings. The number of rotatable bonds is 7. The molecule has 2 saturated heterocycles. The first-order chi connectivity index (χ1) is 25.5. The number of hydrogen-bond donors (Lipinski definition) is 1. The first-order valence-corrected chi connectivity index (χ1v) is 20.4. The van der Waals surface area contributed by atoms with Crippen molar-refractivity contribution in [2.75, 3.05) is 32.7 Å². The van der Waals surface area contributed by atoms with E-state index in [4.69, 9.17) is 9.47 Å². The van der Waals surface area contributed by atoms with Gasteiger partial charge in [0.15, 0.2) is 0 Å². The normalized spacial score (nSPS) is 22.4. The van der Waals surface area contributed by atoms with Gasteiger partial charge >= 0.3 is 12.3 Å². The number of carbonyl (C=O) groups is 2. The summed E-state index contributed by atoms with van der Waals surface area (Å²) in [5.41, 5.74) is 0.0643. The number of amides is 2. The molecule has 10 nitrogen and oxygen atoms in total. The van der Waals surface area contributed by atoms with Gasteiger partial charge in [-0.2, -0.15) is 17.5 Å². The highest BCUT2D eigenvalue weighted by Gasteiger charge is 2.45. The van der Waals surface area contributed by atoms with Crippen LogP contribution in [0.4, 0.5) is 18.0 Å². The molecule has 3 fully saturated rings. The molecule has 292 valence electrons. The number of piperidine rings is 1. The number of alkyl halides is 3. The molecule has 0 bridgehead atoms. The SMILES string of the molecule is CC(C)(C)OC(=O)NC1CCN(C(=O)[C@@H]2CN([C@H]3CCc4cc(C(F)(F)F)ccc43)CCN2S(=O)(=O)c2ccc3cc(OC4CCCC4)ccc3c2)CC1. The molecule has 2 aliphatic heterocycles. The van der Waals surface area contributed by atoms with E-state index >= 15 is 0 Å². The number of ether oxygens (including phenoxy) is 2. The fourth-order valence-corrected chi connectivity index (χ4v) is 10.0. The lowest BCUT2D eigenvalue weighted by atomic mass is 10.0. The molecular weight excluding hydrogens is 722 g/mol. The zero-order valence-corrected chi connectivity index (χ0v) is 31.8. The van der Waals surface area contributed by atoms with E-state index < -0.39 is 39.5 Å². The second-order valence-corrected chi connectivity index (χ2v) is 17.9. The second-order valence-electron chi connectivity index (χ2n) is 16.0. The Labute approximate surface area is 315 Å². The average molecular weight is 771 g/mol. The fourth-order valence-electron chi connectivity index (χ4n) is 8.41. The van der Waals surface area contributed by atoms with Crippen molar-refractivity contribution in [3.8, 4) is 5.75 Å². The molecule has 2 amide bonds. The van der Waals surface area contributed by atoms with Crippen molar-refractivity contribution < 1.29 is 40.7 Å². The number of nitrogens with zero attached hydrogens (tertiary/aromatic N) is 3. The smallest absolute Gasteiger partial charge is 0.416 e. The maximum absolute atomic E-state index is 14.5. The molecule has 7 rings (SSSR count). The van der Waals surface area contributed by atoms with Crippen LogP contribution < -0.4 is 10.1 Å². The van der Waals surface area contributed by atoms with Crippen LogP contribution in [0.3, 0.4) is 0 Å². The topological polar surface area (TPSA) is 108 Å². The minimum Gasteiger partial charge on any atom is -0.490 e. The van der Waals surface area contributed by atoms with E-state index in [0.29, 0.717) is 50.9 Å². The lowest BCUT2D eigenvalue weighted by Crippen LogP contribution is -2.62. The van der Waals surface area contributed by atoms with Crippen molar-refractivity contribution in [1.82, 2.24) is 19.4 Å². The Bertz CT molecular complexity index is 1990. The number of halogens is 3. The Balaban J connectivity index is 1.12. The van der Waals surface area contributed by atoms with Crippen LogP contribution >= 0.6 is 0 Å².